The molecule has 188 valence electrons. The third-order valence-corrected chi connectivity index (χ3v) is 7.46. The van der Waals surface area contributed by atoms with Gasteiger partial charge in [0.15, 0.2) is 17.3 Å². The lowest BCUT2D eigenvalue weighted by Gasteiger charge is -2.35. The molecule has 36 heavy (non-hydrogen) atoms. The minimum atomic E-state index is -0.632. The van der Waals surface area contributed by atoms with Crippen LogP contribution in [-0.4, -0.2) is 30.7 Å². The number of ketones is 1. The summed E-state index contributed by atoms with van der Waals surface area (Å²) in [5.74, 6) is -0.123. The van der Waals surface area contributed by atoms with Crippen LogP contribution in [0.15, 0.2) is 64.8 Å². The number of hydrogen-bond acceptors (Lipinski definition) is 6. The normalized spacial score (nSPS) is 22.2. The fourth-order valence-corrected chi connectivity index (χ4v) is 5.65. The van der Waals surface area contributed by atoms with Gasteiger partial charge in [0.2, 0.25) is 0 Å². The molecule has 2 aliphatic carbocycles. The molecule has 6 heteroatoms. The maximum absolute atomic E-state index is 13.5. The minimum Gasteiger partial charge on any atom is -0.493 e. The van der Waals surface area contributed by atoms with Gasteiger partial charge in [0.1, 0.15) is 18.6 Å². The zero-order chi connectivity index (χ0) is 25.1. The summed E-state index contributed by atoms with van der Waals surface area (Å²) in [6, 6.07) is 15.6. The fourth-order valence-electron chi connectivity index (χ4n) is 5.65. The van der Waals surface area contributed by atoms with E-state index in [0.29, 0.717) is 35.8 Å². The van der Waals surface area contributed by atoms with Gasteiger partial charge in [0, 0.05) is 29.3 Å². The summed E-state index contributed by atoms with van der Waals surface area (Å²) >= 11 is 0. The molecular weight excluding hydrogens is 454 g/mol. The fraction of sp³-hybridized carbons (Fsp3) is 0.433. The number of esters is 1. The van der Waals surface area contributed by atoms with Gasteiger partial charge in [-0.2, -0.15) is 0 Å². The molecule has 0 amide bonds. The van der Waals surface area contributed by atoms with E-state index >= 15 is 0 Å². The molecule has 0 aromatic heterocycles. The van der Waals surface area contributed by atoms with Gasteiger partial charge in [-0.3, -0.25) is 14.6 Å². The standard InChI is InChI=1S/C30H33NO5/c1-19-27(30(33)36-22-11-6-7-12-22)28(29-23(31-19)13-8-14-24(29)32)21-15-16-25(26(17-21)34-2)35-18-20-9-4-3-5-10-20/h3-5,9-10,15-17,22,27-28H,6-8,11-14,18H2,1-2H3/t27?,28-/m0/s1. The first-order valence-corrected chi connectivity index (χ1v) is 12.9. The van der Waals surface area contributed by atoms with Gasteiger partial charge in [0.25, 0.3) is 0 Å². The number of carbonyl (C=O) groups excluding carboxylic acids is 2. The van der Waals surface area contributed by atoms with Gasteiger partial charge in [-0.15, -0.1) is 0 Å². The maximum atomic E-state index is 13.5. The maximum Gasteiger partial charge on any atom is 0.315 e. The quantitative estimate of drug-likeness (QED) is 0.452. The number of benzene rings is 2. The Bertz CT molecular complexity index is 1190. The third-order valence-electron chi connectivity index (χ3n) is 7.46. The average molecular weight is 488 g/mol. The van der Waals surface area contributed by atoms with Crippen LogP contribution in [0.2, 0.25) is 0 Å². The summed E-state index contributed by atoms with van der Waals surface area (Å²) in [6.07, 6.45) is 5.91. The molecule has 1 aliphatic heterocycles. The van der Waals surface area contributed by atoms with Crippen LogP contribution in [0.1, 0.15) is 68.9 Å². The van der Waals surface area contributed by atoms with Crippen molar-refractivity contribution in [3.63, 3.8) is 0 Å². The summed E-state index contributed by atoms with van der Waals surface area (Å²) in [4.78, 5) is 31.4. The summed E-state index contributed by atoms with van der Waals surface area (Å²) in [6.45, 7) is 2.29. The number of Topliss-reactive ketones (excluding diaryl/α,β-unsaturated/α-hetero) is 1. The van der Waals surface area contributed by atoms with Gasteiger partial charge >= 0.3 is 5.97 Å². The highest BCUT2D eigenvalue weighted by atomic mass is 16.5. The number of methoxy groups -OCH3 is 1. The lowest BCUT2D eigenvalue weighted by molar-refractivity contribution is -0.151. The molecule has 0 N–H and O–H groups in total. The summed E-state index contributed by atoms with van der Waals surface area (Å²) in [5.41, 5.74) is 4.06. The molecule has 6 nitrogen and oxygen atoms in total. The van der Waals surface area contributed by atoms with Crippen LogP contribution in [-0.2, 0) is 20.9 Å². The number of ether oxygens (including phenoxy) is 3. The van der Waals surface area contributed by atoms with E-state index in [-0.39, 0.29) is 17.9 Å². The zero-order valence-corrected chi connectivity index (χ0v) is 21.0. The number of hydrogen-bond donors (Lipinski definition) is 0. The van der Waals surface area contributed by atoms with Crippen LogP contribution in [0.3, 0.4) is 0 Å². The van der Waals surface area contributed by atoms with Gasteiger partial charge < -0.3 is 14.2 Å². The van der Waals surface area contributed by atoms with E-state index in [1.165, 1.54) is 0 Å². The number of allylic oxidation sites excluding steroid dienone is 2. The summed E-state index contributed by atoms with van der Waals surface area (Å²) in [5, 5.41) is 0. The van der Waals surface area contributed by atoms with E-state index in [4.69, 9.17) is 19.2 Å². The molecule has 1 heterocycles. The summed E-state index contributed by atoms with van der Waals surface area (Å²) in [7, 11) is 1.60. The van der Waals surface area contributed by atoms with Crippen molar-refractivity contribution < 1.29 is 23.8 Å². The van der Waals surface area contributed by atoms with Gasteiger partial charge in [-0.05, 0) is 68.7 Å². The number of aliphatic imine (C=N–C) groups is 1. The Morgan fingerprint density at radius 3 is 2.53 bits per heavy atom. The molecule has 5 rings (SSSR count). The molecule has 2 atom stereocenters. The van der Waals surface area contributed by atoms with Crippen LogP contribution >= 0.6 is 0 Å². The summed E-state index contributed by atoms with van der Waals surface area (Å²) < 4.78 is 17.7. The molecule has 1 unspecified atom stereocenters. The number of nitrogens with zero attached hydrogens (tertiary/aromatic N) is 1. The van der Waals surface area contributed by atoms with Gasteiger partial charge in [-0.1, -0.05) is 36.4 Å². The molecular formula is C30H33NO5. The van der Waals surface area contributed by atoms with Crippen molar-refractivity contribution in [3.05, 3.63) is 70.9 Å². The number of rotatable bonds is 7. The Hall–Kier alpha value is -3.41. The van der Waals surface area contributed by atoms with Crippen molar-refractivity contribution in [1.29, 1.82) is 0 Å². The molecule has 2 aromatic carbocycles. The Labute approximate surface area is 212 Å². The molecule has 0 saturated heterocycles. The largest absolute Gasteiger partial charge is 0.493 e. The third kappa shape index (κ3) is 4.95. The molecule has 0 spiro atoms. The van der Waals surface area contributed by atoms with E-state index in [2.05, 4.69) is 0 Å². The lowest BCUT2D eigenvalue weighted by Crippen LogP contribution is -2.38. The minimum absolute atomic E-state index is 0.0494. The Balaban J connectivity index is 1.49. The highest BCUT2D eigenvalue weighted by Crippen LogP contribution is 2.45. The average Bonchev–Trinajstić information content (AvgIpc) is 3.40. The van der Waals surface area contributed by atoms with Crippen LogP contribution in [0, 0.1) is 5.92 Å². The number of carbonyl (C=O) groups is 2. The molecule has 3 aliphatic rings. The van der Waals surface area contributed by atoms with E-state index in [0.717, 1.165) is 55.3 Å². The first-order valence-electron chi connectivity index (χ1n) is 12.9. The smallest absolute Gasteiger partial charge is 0.315 e. The predicted octanol–water partition coefficient (Wildman–Crippen LogP) is 5.94. The zero-order valence-electron chi connectivity index (χ0n) is 21.0. The van der Waals surface area contributed by atoms with E-state index in [1.54, 1.807) is 7.11 Å². The molecule has 2 aromatic rings. The van der Waals surface area contributed by atoms with E-state index < -0.39 is 11.8 Å². The van der Waals surface area contributed by atoms with Crippen molar-refractivity contribution in [2.24, 2.45) is 10.9 Å². The first kappa shape index (κ1) is 24.3. The van der Waals surface area contributed by atoms with Crippen LogP contribution in [0.4, 0.5) is 0 Å². The predicted molar refractivity (Wildman–Crippen MR) is 137 cm³/mol. The Morgan fingerprint density at radius 1 is 1.00 bits per heavy atom. The molecule has 0 bridgehead atoms. The second-order valence-corrected chi connectivity index (χ2v) is 9.87. The molecule has 1 fully saturated rings. The van der Waals surface area contributed by atoms with E-state index in [1.807, 2.05) is 55.5 Å². The molecule has 0 radical (unpaired) electrons. The van der Waals surface area contributed by atoms with Crippen LogP contribution in [0.25, 0.3) is 0 Å². The van der Waals surface area contributed by atoms with Gasteiger partial charge in [0.05, 0.1) is 7.11 Å². The highest BCUT2D eigenvalue weighted by molar-refractivity contribution is 6.08. The lowest BCUT2D eigenvalue weighted by atomic mass is 9.71. The second-order valence-electron chi connectivity index (χ2n) is 9.87. The van der Waals surface area contributed by atoms with Gasteiger partial charge in [-0.25, -0.2) is 0 Å². The van der Waals surface area contributed by atoms with Crippen LogP contribution in [0.5, 0.6) is 11.5 Å². The van der Waals surface area contributed by atoms with Crippen molar-refractivity contribution in [1.82, 2.24) is 0 Å². The van der Waals surface area contributed by atoms with Crippen LogP contribution < -0.4 is 9.47 Å². The Kier molecular flexibility index (Phi) is 7.21. The monoisotopic (exact) mass is 487 g/mol. The van der Waals surface area contributed by atoms with Crippen molar-refractivity contribution in [3.8, 4) is 11.5 Å². The first-order chi connectivity index (χ1) is 17.5. The SMILES string of the molecule is COc1cc([C@@H]2C3=C(CCCC3=O)N=C(C)C2C(=O)OC2CCCC2)ccc1OCc1ccccc1. The highest BCUT2D eigenvalue weighted by Gasteiger charge is 2.44. The Morgan fingerprint density at radius 2 is 1.78 bits per heavy atom. The topological polar surface area (TPSA) is 74.2 Å². The van der Waals surface area contributed by atoms with Crippen molar-refractivity contribution >= 4 is 17.5 Å². The van der Waals surface area contributed by atoms with Crippen molar-refractivity contribution in [2.75, 3.05) is 7.11 Å². The van der Waals surface area contributed by atoms with Crippen molar-refractivity contribution in [2.45, 2.75) is 70.5 Å². The second kappa shape index (κ2) is 10.7. The molecule has 1 saturated carbocycles. The van der Waals surface area contributed by atoms with E-state index in [9.17, 15) is 9.59 Å².